The lowest BCUT2D eigenvalue weighted by Gasteiger charge is -2.38. The average molecular weight is 377 g/mol. The van der Waals surface area contributed by atoms with Crippen molar-refractivity contribution in [3.8, 4) is 5.75 Å². The van der Waals surface area contributed by atoms with Gasteiger partial charge in [-0.2, -0.15) is 0 Å². The van der Waals surface area contributed by atoms with Gasteiger partial charge in [0.05, 0.1) is 6.61 Å². The van der Waals surface area contributed by atoms with E-state index in [1.165, 1.54) is 6.42 Å². The van der Waals surface area contributed by atoms with E-state index in [2.05, 4.69) is 38.2 Å². The molecule has 2 rings (SSSR count). The van der Waals surface area contributed by atoms with Gasteiger partial charge in [0.1, 0.15) is 11.4 Å². The first-order valence-corrected chi connectivity index (χ1v) is 10.3. The molecule has 2 unspecified atom stereocenters. The van der Waals surface area contributed by atoms with Crippen LogP contribution < -0.4 is 10.1 Å². The maximum Gasteiger partial charge on any atom is 0.256 e. The molecule has 1 aromatic carbocycles. The van der Waals surface area contributed by atoms with E-state index >= 15 is 0 Å². The molecule has 0 heterocycles. The minimum atomic E-state index is -0.685. The third-order valence-corrected chi connectivity index (χ3v) is 5.08. The van der Waals surface area contributed by atoms with Crippen LogP contribution in [0.4, 0.5) is 5.69 Å². The lowest BCUT2D eigenvalue weighted by Crippen LogP contribution is -2.48. The second-order valence-electron chi connectivity index (χ2n) is 8.03. The number of rotatable bonds is 10. The van der Waals surface area contributed by atoms with Gasteiger partial charge >= 0.3 is 0 Å². The molecule has 5 heteroatoms. The fourth-order valence-electron chi connectivity index (χ4n) is 3.65. The number of amides is 1. The molecule has 1 saturated carbocycles. The number of nitrogens with zero attached hydrogens (tertiary/aromatic N) is 1. The monoisotopic (exact) mass is 376 g/mol. The fourth-order valence-corrected chi connectivity index (χ4v) is 3.65. The summed E-state index contributed by atoms with van der Waals surface area (Å²) in [6.45, 7) is 6.61. The minimum absolute atomic E-state index is 0.0119. The van der Waals surface area contributed by atoms with Gasteiger partial charge in [-0.25, -0.2) is 0 Å². The summed E-state index contributed by atoms with van der Waals surface area (Å²) in [6, 6.07) is 7.63. The Balaban J connectivity index is 1.92. The Morgan fingerprint density at radius 3 is 2.63 bits per heavy atom. The van der Waals surface area contributed by atoms with Crippen molar-refractivity contribution in [3.05, 3.63) is 24.3 Å². The van der Waals surface area contributed by atoms with E-state index in [4.69, 9.17) is 9.47 Å². The lowest BCUT2D eigenvalue weighted by atomic mass is 9.78. The van der Waals surface area contributed by atoms with Crippen LogP contribution in [0.15, 0.2) is 24.3 Å². The molecule has 5 nitrogen and oxygen atoms in total. The van der Waals surface area contributed by atoms with Gasteiger partial charge in [0.15, 0.2) is 0 Å². The second-order valence-corrected chi connectivity index (χ2v) is 8.03. The van der Waals surface area contributed by atoms with E-state index in [-0.39, 0.29) is 5.91 Å². The van der Waals surface area contributed by atoms with Crippen molar-refractivity contribution in [2.75, 3.05) is 39.2 Å². The molecule has 0 radical (unpaired) electrons. The van der Waals surface area contributed by atoms with E-state index < -0.39 is 5.60 Å². The molecule has 27 heavy (non-hydrogen) atoms. The topological polar surface area (TPSA) is 50.8 Å². The minimum Gasteiger partial charge on any atom is -0.494 e. The van der Waals surface area contributed by atoms with E-state index in [0.29, 0.717) is 19.1 Å². The van der Waals surface area contributed by atoms with Gasteiger partial charge in [-0.15, -0.1) is 0 Å². The third-order valence-electron chi connectivity index (χ3n) is 5.08. The highest BCUT2D eigenvalue weighted by atomic mass is 16.5. The van der Waals surface area contributed by atoms with Crippen molar-refractivity contribution >= 4 is 11.6 Å². The predicted molar refractivity (Wildman–Crippen MR) is 110 cm³/mol. The molecular formula is C22H36N2O3. The quantitative estimate of drug-likeness (QED) is 0.618. The number of nitrogens with one attached hydrogen (secondary N) is 1. The van der Waals surface area contributed by atoms with Crippen molar-refractivity contribution in [2.45, 2.75) is 58.0 Å². The van der Waals surface area contributed by atoms with Crippen LogP contribution in [-0.2, 0) is 9.53 Å². The predicted octanol–water partition coefficient (Wildman–Crippen LogP) is 4.33. The van der Waals surface area contributed by atoms with Crippen molar-refractivity contribution < 1.29 is 14.3 Å². The van der Waals surface area contributed by atoms with Crippen LogP contribution >= 0.6 is 0 Å². The summed E-state index contributed by atoms with van der Waals surface area (Å²) in [5.74, 6) is 1.33. The molecule has 2 atom stereocenters. The van der Waals surface area contributed by atoms with Gasteiger partial charge in [-0.3, -0.25) is 4.79 Å². The number of anilines is 1. The Bertz CT molecular complexity index is 573. The Hall–Kier alpha value is -1.59. The summed E-state index contributed by atoms with van der Waals surface area (Å²) < 4.78 is 11.8. The maximum atomic E-state index is 13.0. The Morgan fingerprint density at radius 2 is 2.00 bits per heavy atom. The molecule has 0 saturated heterocycles. The fraction of sp³-hybridized carbons (Fsp3) is 0.682. The van der Waals surface area contributed by atoms with Gasteiger partial charge < -0.3 is 19.7 Å². The molecule has 152 valence electrons. The molecule has 1 N–H and O–H groups in total. The maximum absolute atomic E-state index is 13.0. The van der Waals surface area contributed by atoms with E-state index in [1.54, 1.807) is 0 Å². The molecule has 1 aliphatic rings. The number of carbonyl (C=O) groups is 1. The number of hydrogen-bond donors (Lipinski definition) is 1. The molecular weight excluding hydrogens is 340 g/mol. The second kappa shape index (κ2) is 10.7. The SMILES string of the molecule is CCCOC1(C(=O)Nc2ccc(OCCCN(C)C)cc2)CCCC(C)C1. The molecule has 1 amide bonds. The highest BCUT2D eigenvalue weighted by molar-refractivity contribution is 5.97. The number of carbonyl (C=O) groups excluding carboxylic acids is 1. The number of benzene rings is 1. The summed E-state index contributed by atoms with van der Waals surface area (Å²) in [5.41, 5.74) is 0.105. The molecule has 1 fully saturated rings. The van der Waals surface area contributed by atoms with Crippen LogP contribution in [0, 0.1) is 5.92 Å². The van der Waals surface area contributed by atoms with E-state index in [1.807, 2.05) is 24.3 Å². The van der Waals surface area contributed by atoms with Crippen molar-refractivity contribution in [3.63, 3.8) is 0 Å². The Morgan fingerprint density at radius 1 is 1.26 bits per heavy atom. The van der Waals surface area contributed by atoms with Crippen LogP contribution in [0.2, 0.25) is 0 Å². The highest BCUT2D eigenvalue weighted by Gasteiger charge is 2.42. The molecule has 1 aromatic rings. The first-order valence-electron chi connectivity index (χ1n) is 10.3. The number of ether oxygens (including phenoxy) is 2. The zero-order chi connectivity index (χ0) is 19.7. The Kier molecular flexibility index (Phi) is 8.58. The van der Waals surface area contributed by atoms with Crippen LogP contribution in [0.3, 0.4) is 0 Å². The lowest BCUT2D eigenvalue weighted by molar-refractivity contribution is -0.148. The van der Waals surface area contributed by atoms with Crippen LogP contribution in [0.1, 0.15) is 52.4 Å². The summed E-state index contributed by atoms with van der Waals surface area (Å²) in [7, 11) is 4.11. The van der Waals surface area contributed by atoms with Crippen LogP contribution in [0.5, 0.6) is 5.75 Å². The average Bonchev–Trinajstić information content (AvgIpc) is 2.64. The summed E-state index contributed by atoms with van der Waals surface area (Å²) in [6.07, 6.45) is 5.72. The standard InChI is InChI=1S/C22H36N2O3/c1-5-15-27-22(13-6-8-18(2)17-22)21(25)23-19-9-11-20(12-10-19)26-16-7-14-24(3)4/h9-12,18H,5-8,13-17H2,1-4H3,(H,23,25). The molecule has 1 aliphatic carbocycles. The van der Waals surface area contributed by atoms with Gasteiger partial charge in [0, 0.05) is 18.8 Å². The van der Waals surface area contributed by atoms with Crippen LogP contribution in [-0.4, -0.2) is 50.3 Å². The summed E-state index contributed by atoms with van der Waals surface area (Å²) >= 11 is 0. The molecule has 0 aliphatic heterocycles. The smallest absolute Gasteiger partial charge is 0.256 e. The Labute approximate surface area is 164 Å². The zero-order valence-corrected chi connectivity index (χ0v) is 17.4. The molecule has 0 spiro atoms. The van der Waals surface area contributed by atoms with Gasteiger partial charge in [0.2, 0.25) is 0 Å². The summed E-state index contributed by atoms with van der Waals surface area (Å²) in [4.78, 5) is 15.2. The summed E-state index contributed by atoms with van der Waals surface area (Å²) in [5, 5.41) is 3.07. The van der Waals surface area contributed by atoms with Crippen LogP contribution in [0.25, 0.3) is 0 Å². The number of hydrogen-bond acceptors (Lipinski definition) is 4. The van der Waals surface area contributed by atoms with Crippen molar-refractivity contribution in [1.29, 1.82) is 0 Å². The third kappa shape index (κ3) is 6.82. The first kappa shape index (κ1) is 21.7. The molecule has 0 aromatic heterocycles. The highest BCUT2D eigenvalue weighted by Crippen LogP contribution is 2.36. The van der Waals surface area contributed by atoms with Gasteiger partial charge in [-0.1, -0.05) is 20.3 Å². The van der Waals surface area contributed by atoms with Gasteiger partial charge in [0.25, 0.3) is 5.91 Å². The normalized spacial score (nSPS) is 22.6. The molecule has 0 bridgehead atoms. The first-order chi connectivity index (χ1) is 12.9. The van der Waals surface area contributed by atoms with E-state index in [0.717, 1.165) is 50.1 Å². The van der Waals surface area contributed by atoms with Crippen molar-refractivity contribution in [1.82, 2.24) is 4.90 Å². The zero-order valence-electron chi connectivity index (χ0n) is 17.4. The van der Waals surface area contributed by atoms with Gasteiger partial charge in [-0.05, 0) is 76.4 Å². The van der Waals surface area contributed by atoms with E-state index in [9.17, 15) is 4.79 Å². The largest absolute Gasteiger partial charge is 0.494 e. The van der Waals surface area contributed by atoms with Crippen molar-refractivity contribution in [2.24, 2.45) is 5.92 Å².